The van der Waals surface area contributed by atoms with E-state index in [1.807, 2.05) is 5.38 Å². The molecule has 2 heterocycles. The van der Waals surface area contributed by atoms with Crippen molar-refractivity contribution in [1.82, 2.24) is 4.98 Å². The lowest BCUT2D eigenvalue weighted by Gasteiger charge is -2.33. The predicted molar refractivity (Wildman–Crippen MR) is 106 cm³/mol. The number of piperidine rings is 1. The molecule has 0 atom stereocenters. The number of hydrogen-bond acceptors (Lipinski definition) is 6. The number of nitrogens with zero attached hydrogens (tertiary/aromatic N) is 3. The number of amides is 1. The van der Waals surface area contributed by atoms with E-state index in [9.17, 15) is 14.9 Å². The summed E-state index contributed by atoms with van der Waals surface area (Å²) in [5.41, 5.74) is 2.04. The van der Waals surface area contributed by atoms with E-state index >= 15 is 0 Å². The average molecular weight is 386 g/mol. The van der Waals surface area contributed by atoms with Crippen molar-refractivity contribution in [3.8, 4) is 0 Å². The molecule has 1 amide bonds. The summed E-state index contributed by atoms with van der Waals surface area (Å²) in [5.74, 6) is 0.840. The summed E-state index contributed by atoms with van der Waals surface area (Å²) in [6.07, 6.45) is 4.41. The summed E-state index contributed by atoms with van der Waals surface area (Å²) in [4.78, 5) is 30.3. The van der Waals surface area contributed by atoms with Crippen molar-refractivity contribution in [3.63, 3.8) is 0 Å². The minimum atomic E-state index is -0.465. The second-order valence-electron chi connectivity index (χ2n) is 7.43. The van der Waals surface area contributed by atoms with Crippen molar-refractivity contribution >= 4 is 33.8 Å². The third kappa shape index (κ3) is 3.95. The molecule has 1 saturated heterocycles. The molecule has 0 radical (unpaired) electrons. The lowest BCUT2D eigenvalue weighted by Crippen LogP contribution is -2.34. The standard InChI is InChI=1S/C19H22N4O3S/c1-12-6-8-22(9-7-12)17-5-4-14(23(25)26)10-15(17)18(24)21-19-20-16(11-27-19)13-2-3-13/h4-5,10-13H,2-3,6-9H2,1H3,(H,20,21,24). The van der Waals surface area contributed by atoms with Gasteiger partial charge < -0.3 is 4.90 Å². The van der Waals surface area contributed by atoms with Crippen molar-refractivity contribution in [2.75, 3.05) is 23.3 Å². The third-order valence-corrected chi connectivity index (χ3v) is 6.07. The van der Waals surface area contributed by atoms with E-state index < -0.39 is 4.92 Å². The topological polar surface area (TPSA) is 88.4 Å². The lowest BCUT2D eigenvalue weighted by atomic mass is 9.98. The van der Waals surface area contributed by atoms with Gasteiger partial charge in [-0.25, -0.2) is 4.98 Å². The van der Waals surface area contributed by atoms with Gasteiger partial charge in [0, 0.05) is 36.5 Å². The van der Waals surface area contributed by atoms with Crippen LogP contribution in [-0.4, -0.2) is 28.9 Å². The first-order valence-electron chi connectivity index (χ1n) is 9.31. The smallest absolute Gasteiger partial charge is 0.270 e. The number of nitro benzene ring substituents is 1. The monoisotopic (exact) mass is 386 g/mol. The van der Waals surface area contributed by atoms with Gasteiger partial charge in [0.1, 0.15) is 0 Å². The molecule has 0 bridgehead atoms. The highest BCUT2D eigenvalue weighted by Crippen LogP contribution is 2.41. The van der Waals surface area contributed by atoms with Gasteiger partial charge in [-0.15, -0.1) is 11.3 Å². The van der Waals surface area contributed by atoms with Crippen molar-refractivity contribution in [3.05, 3.63) is 45.0 Å². The molecule has 8 heteroatoms. The third-order valence-electron chi connectivity index (χ3n) is 5.30. The Bertz CT molecular complexity index is 870. The fourth-order valence-corrected chi connectivity index (χ4v) is 4.21. The Hall–Kier alpha value is -2.48. The van der Waals surface area contributed by atoms with Gasteiger partial charge in [0.2, 0.25) is 0 Å². The van der Waals surface area contributed by atoms with E-state index in [1.165, 1.54) is 23.5 Å². The quantitative estimate of drug-likeness (QED) is 0.607. The number of thiazole rings is 1. The summed E-state index contributed by atoms with van der Waals surface area (Å²) >= 11 is 1.40. The van der Waals surface area contributed by atoms with Crippen LogP contribution in [0.25, 0.3) is 0 Å². The fraction of sp³-hybridized carbons (Fsp3) is 0.474. The maximum Gasteiger partial charge on any atom is 0.270 e. The molecule has 142 valence electrons. The van der Waals surface area contributed by atoms with Gasteiger partial charge in [0.15, 0.2) is 5.13 Å². The van der Waals surface area contributed by atoms with Crippen molar-refractivity contribution in [2.45, 2.75) is 38.5 Å². The van der Waals surface area contributed by atoms with Crippen LogP contribution in [0.5, 0.6) is 0 Å². The van der Waals surface area contributed by atoms with E-state index in [0.29, 0.717) is 22.5 Å². The first-order chi connectivity index (χ1) is 13.0. The van der Waals surface area contributed by atoms with Gasteiger partial charge in [-0.1, -0.05) is 6.92 Å². The summed E-state index contributed by atoms with van der Waals surface area (Å²) < 4.78 is 0. The highest BCUT2D eigenvalue weighted by Gasteiger charge is 2.27. The van der Waals surface area contributed by atoms with Gasteiger partial charge in [-0.2, -0.15) is 0 Å². The number of carbonyl (C=O) groups is 1. The molecule has 0 spiro atoms. The van der Waals surface area contributed by atoms with Gasteiger partial charge in [0.05, 0.1) is 21.9 Å². The van der Waals surface area contributed by atoms with Crippen LogP contribution in [0.2, 0.25) is 0 Å². The van der Waals surface area contributed by atoms with E-state index in [1.54, 1.807) is 6.07 Å². The van der Waals surface area contributed by atoms with E-state index in [-0.39, 0.29) is 11.6 Å². The number of nitrogens with one attached hydrogen (secondary N) is 1. The summed E-state index contributed by atoms with van der Waals surface area (Å²) in [5, 5.41) is 16.6. The number of anilines is 2. The van der Waals surface area contributed by atoms with E-state index in [2.05, 4.69) is 22.1 Å². The molecule has 4 rings (SSSR count). The van der Waals surface area contributed by atoms with Crippen LogP contribution < -0.4 is 10.2 Å². The van der Waals surface area contributed by atoms with Crippen molar-refractivity contribution < 1.29 is 9.72 Å². The molecular weight excluding hydrogens is 364 g/mol. The Morgan fingerprint density at radius 3 is 2.70 bits per heavy atom. The van der Waals surface area contributed by atoms with Crippen LogP contribution in [0, 0.1) is 16.0 Å². The zero-order valence-electron chi connectivity index (χ0n) is 15.2. The number of non-ortho nitro benzene ring substituents is 1. The van der Waals surface area contributed by atoms with Gasteiger partial charge in [0.25, 0.3) is 11.6 Å². The molecule has 1 N–H and O–H groups in total. The number of benzene rings is 1. The van der Waals surface area contributed by atoms with Crippen LogP contribution in [-0.2, 0) is 0 Å². The SMILES string of the molecule is CC1CCN(c2ccc([N+](=O)[O-])cc2C(=O)Nc2nc(C3CC3)cs2)CC1. The van der Waals surface area contributed by atoms with Crippen LogP contribution in [0.3, 0.4) is 0 Å². The highest BCUT2D eigenvalue weighted by molar-refractivity contribution is 7.14. The van der Waals surface area contributed by atoms with Crippen molar-refractivity contribution in [1.29, 1.82) is 0 Å². The summed E-state index contributed by atoms with van der Waals surface area (Å²) in [6.45, 7) is 3.92. The minimum Gasteiger partial charge on any atom is -0.371 e. The van der Waals surface area contributed by atoms with Gasteiger partial charge in [-0.3, -0.25) is 20.2 Å². The summed E-state index contributed by atoms with van der Waals surface area (Å²) in [6, 6.07) is 4.54. The zero-order valence-corrected chi connectivity index (χ0v) is 16.0. The number of rotatable bonds is 5. The first-order valence-corrected chi connectivity index (χ1v) is 10.2. The Morgan fingerprint density at radius 1 is 1.30 bits per heavy atom. The van der Waals surface area contributed by atoms with E-state index in [0.717, 1.165) is 50.2 Å². The molecule has 1 saturated carbocycles. The lowest BCUT2D eigenvalue weighted by molar-refractivity contribution is -0.384. The molecule has 1 aliphatic carbocycles. The second kappa shape index (κ2) is 7.26. The minimum absolute atomic E-state index is 0.0768. The molecule has 27 heavy (non-hydrogen) atoms. The molecule has 2 aliphatic rings. The molecular formula is C19H22N4O3S. The largest absolute Gasteiger partial charge is 0.371 e. The van der Waals surface area contributed by atoms with E-state index in [4.69, 9.17) is 0 Å². The number of nitro groups is 1. The fourth-order valence-electron chi connectivity index (χ4n) is 3.42. The van der Waals surface area contributed by atoms with Gasteiger partial charge >= 0.3 is 0 Å². The Kier molecular flexibility index (Phi) is 4.82. The number of aromatic nitrogens is 1. The Labute approximate surface area is 161 Å². The van der Waals surface area contributed by atoms with Crippen LogP contribution >= 0.6 is 11.3 Å². The molecule has 1 aromatic heterocycles. The Balaban J connectivity index is 1.60. The molecule has 0 unspecified atom stereocenters. The zero-order chi connectivity index (χ0) is 19.0. The van der Waals surface area contributed by atoms with Crippen LogP contribution in [0.15, 0.2) is 23.6 Å². The molecule has 1 aromatic carbocycles. The number of carbonyl (C=O) groups excluding carboxylic acids is 1. The van der Waals surface area contributed by atoms with Gasteiger partial charge in [-0.05, 0) is 37.7 Å². The maximum atomic E-state index is 12.9. The highest BCUT2D eigenvalue weighted by atomic mass is 32.1. The predicted octanol–water partition coefficient (Wildman–Crippen LogP) is 4.42. The van der Waals surface area contributed by atoms with Crippen LogP contribution in [0.4, 0.5) is 16.5 Å². The number of hydrogen-bond donors (Lipinski definition) is 1. The van der Waals surface area contributed by atoms with Crippen molar-refractivity contribution in [2.24, 2.45) is 5.92 Å². The first kappa shape index (κ1) is 17.9. The molecule has 2 fully saturated rings. The molecule has 7 nitrogen and oxygen atoms in total. The normalized spacial score (nSPS) is 17.7. The molecule has 1 aliphatic heterocycles. The average Bonchev–Trinajstić information content (AvgIpc) is 3.41. The maximum absolute atomic E-state index is 12.9. The van der Waals surface area contributed by atoms with Crippen LogP contribution in [0.1, 0.15) is 54.6 Å². The Morgan fingerprint density at radius 2 is 2.04 bits per heavy atom. The second-order valence-corrected chi connectivity index (χ2v) is 8.29. The summed E-state index contributed by atoms with van der Waals surface area (Å²) in [7, 11) is 0. The molecule has 2 aromatic rings.